The van der Waals surface area contributed by atoms with Crippen LogP contribution in [-0.2, 0) is 37.5 Å². The number of ether oxygens (including phenoxy) is 2. The van der Waals surface area contributed by atoms with Crippen LogP contribution in [0, 0.1) is 5.41 Å². The molecule has 0 aromatic rings. The molecule has 184 valence electrons. The zero-order valence-electron chi connectivity index (χ0n) is 19.4. The van der Waals surface area contributed by atoms with E-state index in [2.05, 4.69) is 20.0 Å². The third-order valence-electron chi connectivity index (χ3n) is 5.45. The lowest BCUT2D eigenvalue weighted by Gasteiger charge is -2.40. The number of hydrogen-bond acceptors (Lipinski definition) is 9. The van der Waals surface area contributed by atoms with Crippen molar-refractivity contribution in [3.8, 4) is 0 Å². The Morgan fingerprint density at radius 1 is 1.22 bits per heavy atom. The Balaban J connectivity index is 1.77. The topological polar surface area (TPSA) is 132 Å². The van der Waals surface area contributed by atoms with Crippen LogP contribution >= 0.6 is 7.75 Å². The molecule has 0 aliphatic carbocycles. The smallest absolute Gasteiger partial charge is 0.407 e. The van der Waals surface area contributed by atoms with Gasteiger partial charge in [-0.2, -0.15) is 0 Å². The minimum atomic E-state index is -3.91. The van der Waals surface area contributed by atoms with E-state index in [1.165, 1.54) is 33.3 Å². The fraction of sp³-hybridized carbons (Fsp3) is 0.850. The summed E-state index contributed by atoms with van der Waals surface area (Å²) in [6.07, 6.45) is 2.52. The minimum Gasteiger partial charge on any atom is -0.468 e. The van der Waals surface area contributed by atoms with Gasteiger partial charge in [-0.25, -0.2) is 9.65 Å². The summed E-state index contributed by atoms with van der Waals surface area (Å²) in [5.41, 5.74) is -0.775. The van der Waals surface area contributed by atoms with Crippen molar-refractivity contribution < 1.29 is 37.5 Å². The van der Waals surface area contributed by atoms with Gasteiger partial charge in [0.2, 0.25) is 5.91 Å². The van der Waals surface area contributed by atoms with E-state index in [0.29, 0.717) is 13.2 Å². The van der Waals surface area contributed by atoms with E-state index in [1.54, 1.807) is 13.8 Å². The van der Waals surface area contributed by atoms with Crippen molar-refractivity contribution in [3.05, 3.63) is 0 Å². The Bertz CT molecular complexity index is 711. The number of esters is 2. The molecule has 3 atom stereocenters. The molecule has 2 saturated heterocycles. The SMILES string of the molecule is COC(=O)[C@H](C)NP1(=O)OCC(C)(C)[C@H](C(=O)NCCC(=O)OCCN2CCCCC2)O1. The van der Waals surface area contributed by atoms with E-state index < -0.39 is 43.2 Å². The van der Waals surface area contributed by atoms with Crippen LogP contribution in [0.3, 0.4) is 0 Å². The minimum absolute atomic E-state index is 0.0185. The summed E-state index contributed by atoms with van der Waals surface area (Å²) in [7, 11) is -2.71. The van der Waals surface area contributed by atoms with Gasteiger partial charge in [-0.05, 0) is 32.9 Å². The molecule has 0 aromatic carbocycles. The average molecular weight is 477 g/mol. The maximum Gasteiger partial charge on any atom is 0.407 e. The first kappa shape index (κ1) is 26.7. The van der Waals surface area contributed by atoms with Crippen LogP contribution in [0.2, 0.25) is 0 Å². The molecular formula is C20H36N3O8P. The van der Waals surface area contributed by atoms with Gasteiger partial charge in [0.1, 0.15) is 12.6 Å². The first-order valence-corrected chi connectivity index (χ1v) is 12.5. The van der Waals surface area contributed by atoms with E-state index in [4.69, 9.17) is 13.8 Å². The molecule has 2 aliphatic heterocycles. The third-order valence-corrected chi connectivity index (χ3v) is 7.11. The zero-order chi connectivity index (χ0) is 23.8. The summed E-state index contributed by atoms with van der Waals surface area (Å²) in [6, 6.07) is -0.949. The third kappa shape index (κ3) is 8.12. The maximum atomic E-state index is 12.9. The van der Waals surface area contributed by atoms with Gasteiger partial charge < -0.3 is 14.8 Å². The van der Waals surface area contributed by atoms with Crippen LogP contribution in [0.4, 0.5) is 0 Å². The Labute approximate surface area is 189 Å². The summed E-state index contributed by atoms with van der Waals surface area (Å²) >= 11 is 0. The molecule has 2 fully saturated rings. The largest absolute Gasteiger partial charge is 0.468 e. The number of rotatable bonds is 10. The number of methoxy groups -OCH3 is 1. The van der Waals surface area contributed by atoms with E-state index in [-0.39, 0.29) is 19.6 Å². The Hall–Kier alpha value is -1.52. The lowest BCUT2D eigenvalue weighted by molar-refractivity contribution is -0.144. The van der Waals surface area contributed by atoms with Crippen LogP contribution < -0.4 is 10.4 Å². The number of piperidine rings is 1. The fourth-order valence-corrected chi connectivity index (χ4v) is 5.44. The van der Waals surface area contributed by atoms with E-state index in [0.717, 1.165) is 13.1 Å². The number of amides is 1. The molecule has 11 nitrogen and oxygen atoms in total. The first-order chi connectivity index (χ1) is 15.1. The highest BCUT2D eigenvalue weighted by molar-refractivity contribution is 7.51. The van der Waals surface area contributed by atoms with Gasteiger partial charge in [0.05, 0.1) is 20.1 Å². The van der Waals surface area contributed by atoms with Crippen molar-refractivity contribution in [1.82, 2.24) is 15.3 Å². The molecule has 12 heteroatoms. The lowest BCUT2D eigenvalue weighted by atomic mass is 9.87. The van der Waals surface area contributed by atoms with Crippen molar-refractivity contribution in [3.63, 3.8) is 0 Å². The van der Waals surface area contributed by atoms with Gasteiger partial charge in [-0.15, -0.1) is 0 Å². The summed E-state index contributed by atoms with van der Waals surface area (Å²) in [5.74, 6) is -1.56. The van der Waals surface area contributed by atoms with E-state index in [9.17, 15) is 18.9 Å². The summed E-state index contributed by atoms with van der Waals surface area (Å²) < 4.78 is 33.5. The molecule has 2 rings (SSSR count). The van der Waals surface area contributed by atoms with Crippen molar-refractivity contribution in [1.29, 1.82) is 0 Å². The average Bonchev–Trinajstić information content (AvgIpc) is 2.75. The fourth-order valence-electron chi connectivity index (χ4n) is 3.50. The monoisotopic (exact) mass is 477 g/mol. The Kier molecular flexibility index (Phi) is 10.1. The highest BCUT2D eigenvalue weighted by Crippen LogP contribution is 2.53. The van der Waals surface area contributed by atoms with Crippen LogP contribution in [0.25, 0.3) is 0 Å². The molecule has 1 unspecified atom stereocenters. The van der Waals surface area contributed by atoms with Gasteiger partial charge in [0.25, 0.3) is 0 Å². The molecule has 0 saturated carbocycles. The molecule has 1 amide bonds. The van der Waals surface area contributed by atoms with Crippen molar-refractivity contribution in [2.24, 2.45) is 5.41 Å². The number of nitrogens with zero attached hydrogens (tertiary/aromatic N) is 1. The number of nitrogens with one attached hydrogen (secondary N) is 2. The van der Waals surface area contributed by atoms with Crippen LogP contribution in [0.5, 0.6) is 0 Å². The molecule has 0 aromatic heterocycles. The van der Waals surface area contributed by atoms with E-state index in [1.807, 2.05) is 0 Å². The quantitative estimate of drug-likeness (QED) is 0.350. The second kappa shape index (κ2) is 12.1. The molecule has 0 radical (unpaired) electrons. The van der Waals surface area contributed by atoms with Gasteiger partial charge in [-0.1, -0.05) is 20.3 Å². The zero-order valence-corrected chi connectivity index (χ0v) is 20.3. The summed E-state index contributed by atoms with van der Waals surface area (Å²) in [6.45, 7) is 8.07. The Morgan fingerprint density at radius 3 is 2.56 bits per heavy atom. The van der Waals surface area contributed by atoms with Gasteiger partial charge in [0.15, 0.2) is 6.10 Å². The standard InChI is InChI=1S/C20H36N3O8P/c1-15(19(26)28-4)22-32(27)30-14-20(2,3)17(31-32)18(25)21-9-8-16(24)29-13-12-23-10-6-5-7-11-23/h15,17H,5-14H2,1-4H3,(H,21,25)(H,22,27)/t15-,17-,32?/m0/s1. The van der Waals surface area contributed by atoms with Gasteiger partial charge >= 0.3 is 19.7 Å². The molecule has 2 N–H and O–H groups in total. The summed E-state index contributed by atoms with van der Waals surface area (Å²) in [5, 5.41) is 5.10. The lowest BCUT2D eigenvalue weighted by Crippen LogP contribution is -2.51. The predicted molar refractivity (Wildman–Crippen MR) is 116 cm³/mol. The highest BCUT2D eigenvalue weighted by Gasteiger charge is 2.48. The van der Waals surface area contributed by atoms with Crippen molar-refractivity contribution >= 4 is 25.6 Å². The first-order valence-electron chi connectivity index (χ1n) is 11.0. The Morgan fingerprint density at radius 2 is 1.91 bits per heavy atom. The van der Waals surface area contributed by atoms with Crippen LogP contribution in [-0.4, -0.2) is 81.4 Å². The van der Waals surface area contributed by atoms with Gasteiger partial charge in [-0.3, -0.25) is 28.3 Å². The molecule has 0 spiro atoms. The van der Waals surface area contributed by atoms with Crippen molar-refractivity contribution in [2.75, 3.05) is 46.5 Å². The molecule has 32 heavy (non-hydrogen) atoms. The summed E-state index contributed by atoms with van der Waals surface area (Å²) in [4.78, 5) is 38.5. The van der Waals surface area contributed by atoms with Crippen LogP contribution in [0.1, 0.15) is 46.5 Å². The van der Waals surface area contributed by atoms with E-state index >= 15 is 0 Å². The number of likely N-dealkylation sites (tertiary alicyclic amines) is 1. The maximum absolute atomic E-state index is 12.9. The van der Waals surface area contributed by atoms with Crippen LogP contribution in [0.15, 0.2) is 0 Å². The number of carbonyl (C=O) groups is 3. The van der Waals surface area contributed by atoms with Gasteiger partial charge in [0, 0.05) is 18.5 Å². The highest BCUT2D eigenvalue weighted by atomic mass is 31.2. The molecule has 0 bridgehead atoms. The normalized spacial score (nSPS) is 26.7. The number of hydrogen-bond donors (Lipinski definition) is 2. The molecule has 2 aliphatic rings. The second-order valence-corrected chi connectivity index (χ2v) is 10.5. The number of carbonyl (C=O) groups excluding carboxylic acids is 3. The molecule has 2 heterocycles. The predicted octanol–water partition coefficient (Wildman–Crippen LogP) is 1.22. The van der Waals surface area contributed by atoms with Crippen molar-refractivity contribution in [2.45, 2.75) is 58.6 Å². The second-order valence-electron chi connectivity index (χ2n) is 8.78. The molecular weight excluding hydrogens is 441 g/mol.